The molecular formula is C14H13N3O2. The number of ether oxygens (including phenoxy) is 1. The van der Waals surface area contributed by atoms with Crippen molar-refractivity contribution in [1.82, 2.24) is 9.55 Å². The third-order valence-corrected chi connectivity index (χ3v) is 2.71. The molecule has 0 N–H and O–H groups in total. The van der Waals surface area contributed by atoms with Gasteiger partial charge in [-0.2, -0.15) is 5.26 Å². The van der Waals surface area contributed by atoms with Crippen LogP contribution in [0.4, 0.5) is 0 Å². The molecule has 0 fully saturated rings. The normalized spacial score (nSPS) is 9.95. The third kappa shape index (κ3) is 2.80. The Kier molecular flexibility index (Phi) is 3.62. The van der Waals surface area contributed by atoms with E-state index in [1.165, 1.54) is 17.7 Å². The number of rotatable bonds is 3. The molecule has 96 valence electrons. The molecular weight excluding hydrogens is 242 g/mol. The first kappa shape index (κ1) is 12.8. The summed E-state index contributed by atoms with van der Waals surface area (Å²) >= 11 is 0. The minimum absolute atomic E-state index is 0.159. The molecule has 0 amide bonds. The summed E-state index contributed by atoms with van der Waals surface area (Å²) in [5.74, 6) is 0. The van der Waals surface area contributed by atoms with Gasteiger partial charge in [0.2, 0.25) is 0 Å². The fourth-order valence-corrected chi connectivity index (χ4v) is 1.76. The molecule has 1 heterocycles. The molecule has 2 aromatic rings. The average Bonchev–Trinajstić information content (AvgIpc) is 2.42. The first-order valence-corrected chi connectivity index (χ1v) is 5.75. The van der Waals surface area contributed by atoms with Crippen LogP contribution in [0.25, 0.3) is 0 Å². The van der Waals surface area contributed by atoms with Crippen molar-refractivity contribution < 1.29 is 4.74 Å². The molecule has 0 saturated carbocycles. The van der Waals surface area contributed by atoms with Crippen LogP contribution in [-0.4, -0.2) is 16.7 Å². The van der Waals surface area contributed by atoms with Gasteiger partial charge >= 0.3 is 0 Å². The minimum Gasteiger partial charge on any atom is -0.468 e. The Labute approximate surface area is 110 Å². The quantitative estimate of drug-likeness (QED) is 0.833. The number of aryl methyl sites for hydroxylation is 1. The number of nitriles is 1. The Morgan fingerprint density at radius 1 is 1.37 bits per heavy atom. The summed E-state index contributed by atoms with van der Waals surface area (Å²) in [6.45, 7) is 2.11. The standard InChI is InChI=1S/C14H13N3O2/c1-10-7-13(18)17(14(16-10)19-2)9-12-5-3-11(8-15)4-6-12/h3-7H,9H2,1-2H3. The maximum Gasteiger partial charge on any atom is 0.299 e. The Morgan fingerprint density at radius 3 is 2.63 bits per heavy atom. The zero-order valence-electron chi connectivity index (χ0n) is 10.8. The molecule has 0 atom stereocenters. The van der Waals surface area contributed by atoms with Crippen molar-refractivity contribution in [3.8, 4) is 12.1 Å². The van der Waals surface area contributed by atoms with E-state index in [-0.39, 0.29) is 11.6 Å². The van der Waals surface area contributed by atoms with Gasteiger partial charge in [-0.25, -0.2) is 4.98 Å². The second-order valence-electron chi connectivity index (χ2n) is 4.12. The first-order valence-electron chi connectivity index (χ1n) is 5.75. The van der Waals surface area contributed by atoms with Crippen LogP contribution in [0.2, 0.25) is 0 Å². The molecule has 19 heavy (non-hydrogen) atoms. The van der Waals surface area contributed by atoms with Crippen LogP contribution in [0, 0.1) is 18.3 Å². The Morgan fingerprint density at radius 2 is 2.05 bits per heavy atom. The summed E-state index contributed by atoms with van der Waals surface area (Å²) in [6, 6.07) is 10.9. The van der Waals surface area contributed by atoms with Crippen LogP contribution < -0.4 is 10.3 Å². The Bertz CT molecular complexity index is 681. The van der Waals surface area contributed by atoms with Crippen LogP contribution in [0.5, 0.6) is 6.01 Å². The van der Waals surface area contributed by atoms with Crippen LogP contribution in [0.15, 0.2) is 35.1 Å². The summed E-state index contributed by atoms with van der Waals surface area (Å²) in [5.41, 5.74) is 1.96. The maximum absolute atomic E-state index is 11.9. The van der Waals surface area contributed by atoms with Gasteiger partial charge < -0.3 is 4.74 Å². The van der Waals surface area contributed by atoms with E-state index in [0.29, 0.717) is 17.8 Å². The van der Waals surface area contributed by atoms with Gasteiger partial charge in [0.05, 0.1) is 25.3 Å². The molecule has 2 rings (SSSR count). The summed E-state index contributed by atoms with van der Waals surface area (Å²) in [6.07, 6.45) is 0. The van der Waals surface area contributed by atoms with Gasteiger partial charge in [0.25, 0.3) is 11.6 Å². The molecule has 1 aromatic carbocycles. The molecule has 5 heteroatoms. The predicted molar refractivity (Wildman–Crippen MR) is 70.0 cm³/mol. The molecule has 0 aliphatic rings. The van der Waals surface area contributed by atoms with Gasteiger partial charge in [-0.3, -0.25) is 9.36 Å². The van der Waals surface area contributed by atoms with Gasteiger partial charge in [-0.05, 0) is 24.6 Å². The molecule has 5 nitrogen and oxygen atoms in total. The van der Waals surface area contributed by atoms with Crippen LogP contribution in [0.1, 0.15) is 16.8 Å². The van der Waals surface area contributed by atoms with Crippen molar-refractivity contribution in [2.45, 2.75) is 13.5 Å². The van der Waals surface area contributed by atoms with E-state index in [2.05, 4.69) is 11.1 Å². The van der Waals surface area contributed by atoms with Crippen molar-refractivity contribution in [2.75, 3.05) is 7.11 Å². The number of hydrogen-bond donors (Lipinski definition) is 0. The van der Waals surface area contributed by atoms with E-state index >= 15 is 0 Å². The minimum atomic E-state index is -0.159. The van der Waals surface area contributed by atoms with Gasteiger partial charge in [-0.1, -0.05) is 12.1 Å². The summed E-state index contributed by atoms with van der Waals surface area (Å²) < 4.78 is 6.58. The summed E-state index contributed by atoms with van der Waals surface area (Å²) in [5, 5.41) is 8.74. The van der Waals surface area contributed by atoms with Gasteiger partial charge in [-0.15, -0.1) is 0 Å². The number of methoxy groups -OCH3 is 1. The lowest BCUT2D eigenvalue weighted by Crippen LogP contribution is -2.23. The van der Waals surface area contributed by atoms with Crippen LogP contribution >= 0.6 is 0 Å². The predicted octanol–water partition coefficient (Wildman–Crippen LogP) is 1.48. The van der Waals surface area contributed by atoms with Gasteiger partial charge in [0.1, 0.15) is 0 Å². The van der Waals surface area contributed by atoms with Gasteiger partial charge in [0.15, 0.2) is 0 Å². The number of nitrogens with zero attached hydrogens (tertiary/aromatic N) is 3. The second kappa shape index (κ2) is 5.36. The van der Waals surface area contributed by atoms with E-state index in [0.717, 1.165) is 5.56 Å². The molecule has 0 saturated heterocycles. The molecule has 0 aliphatic carbocycles. The fourth-order valence-electron chi connectivity index (χ4n) is 1.76. The van der Waals surface area contributed by atoms with E-state index in [1.807, 2.05) is 12.1 Å². The summed E-state index contributed by atoms with van der Waals surface area (Å²) in [4.78, 5) is 16.1. The van der Waals surface area contributed by atoms with E-state index < -0.39 is 0 Å². The third-order valence-electron chi connectivity index (χ3n) is 2.71. The largest absolute Gasteiger partial charge is 0.468 e. The van der Waals surface area contributed by atoms with Crippen molar-refractivity contribution in [3.05, 3.63) is 57.5 Å². The lowest BCUT2D eigenvalue weighted by Gasteiger charge is -2.10. The molecule has 0 spiro atoms. The van der Waals surface area contributed by atoms with E-state index in [1.54, 1.807) is 19.1 Å². The Hall–Kier alpha value is -2.61. The SMILES string of the molecule is COc1nc(C)cc(=O)n1Cc1ccc(C#N)cc1. The van der Waals surface area contributed by atoms with Crippen LogP contribution in [-0.2, 0) is 6.54 Å². The van der Waals surface area contributed by atoms with Crippen molar-refractivity contribution in [3.63, 3.8) is 0 Å². The zero-order valence-corrected chi connectivity index (χ0v) is 10.8. The molecule has 0 unspecified atom stereocenters. The molecule has 0 aliphatic heterocycles. The van der Waals surface area contributed by atoms with Gasteiger partial charge in [0, 0.05) is 11.8 Å². The summed E-state index contributed by atoms with van der Waals surface area (Å²) in [7, 11) is 1.48. The van der Waals surface area contributed by atoms with Crippen LogP contribution in [0.3, 0.4) is 0 Å². The highest BCUT2D eigenvalue weighted by Gasteiger charge is 2.07. The first-order chi connectivity index (χ1) is 9.13. The number of hydrogen-bond acceptors (Lipinski definition) is 4. The second-order valence-corrected chi connectivity index (χ2v) is 4.12. The zero-order chi connectivity index (χ0) is 13.8. The molecule has 0 bridgehead atoms. The highest BCUT2D eigenvalue weighted by Crippen LogP contribution is 2.09. The lowest BCUT2D eigenvalue weighted by atomic mass is 10.1. The lowest BCUT2D eigenvalue weighted by molar-refractivity contribution is 0.350. The highest BCUT2D eigenvalue weighted by atomic mass is 16.5. The monoisotopic (exact) mass is 255 g/mol. The van der Waals surface area contributed by atoms with Crippen molar-refractivity contribution in [1.29, 1.82) is 5.26 Å². The smallest absolute Gasteiger partial charge is 0.299 e. The Balaban J connectivity index is 2.37. The van der Waals surface area contributed by atoms with Crippen molar-refractivity contribution >= 4 is 0 Å². The molecule has 0 radical (unpaired) electrons. The molecule has 1 aromatic heterocycles. The topological polar surface area (TPSA) is 67.9 Å². The number of aromatic nitrogens is 2. The number of benzene rings is 1. The van der Waals surface area contributed by atoms with E-state index in [4.69, 9.17) is 10.00 Å². The highest BCUT2D eigenvalue weighted by molar-refractivity contribution is 5.31. The van der Waals surface area contributed by atoms with Crippen molar-refractivity contribution in [2.24, 2.45) is 0 Å². The maximum atomic E-state index is 11.9. The van der Waals surface area contributed by atoms with E-state index in [9.17, 15) is 4.79 Å². The average molecular weight is 255 g/mol. The fraction of sp³-hybridized carbons (Fsp3) is 0.214.